The number of hydrogen-bond donors (Lipinski definition) is 0. The van der Waals surface area contributed by atoms with Crippen molar-refractivity contribution in [3.05, 3.63) is 50.1 Å². The van der Waals surface area contributed by atoms with E-state index in [0.717, 1.165) is 10.3 Å². The van der Waals surface area contributed by atoms with Crippen molar-refractivity contribution >= 4 is 40.4 Å². The van der Waals surface area contributed by atoms with Crippen LogP contribution < -0.4 is 16.1 Å². The summed E-state index contributed by atoms with van der Waals surface area (Å²) in [6.07, 6.45) is 0. The Morgan fingerprint density at radius 1 is 1.24 bits per heavy atom. The minimum atomic E-state index is -0.668. The fourth-order valence-electron chi connectivity index (χ4n) is 3.68. The van der Waals surface area contributed by atoms with Gasteiger partial charge >= 0.3 is 11.7 Å². The molecule has 0 saturated heterocycles. The van der Waals surface area contributed by atoms with E-state index in [4.69, 9.17) is 11.6 Å². The molecule has 4 rings (SSSR count). The van der Waals surface area contributed by atoms with Gasteiger partial charge in [0.05, 0.1) is 7.11 Å². The van der Waals surface area contributed by atoms with Crippen molar-refractivity contribution in [3.63, 3.8) is 0 Å². The molecule has 0 N–H and O–H groups in total. The van der Waals surface area contributed by atoms with Gasteiger partial charge in [-0.05, 0) is 30.2 Å². The Morgan fingerprint density at radius 2 is 1.93 bits per heavy atom. The molecular formula is C19H20ClN5O4. The Hall–Kier alpha value is -3.07. The minimum absolute atomic E-state index is 0.223. The van der Waals surface area contributed by atoms with Crippen molar-refractivity contribution in [2.75, 3.05) is 18.6 Å². The number of aromatic nitrogens is 4. The summed E-state index contributed by atoms with van der Waals surface area (Å²) in [6.45, 7) is 2.90. The summed E-state index contributed by atoms with van der Waals surface area (Å²) in [6, 6.07) is 7.36. The number of imidazole rings is 1. The second-order valence-corrected chi connectivity index (χ2v) is 7.63. The van der Waals surface area contributed by atoms with E-state index < -0.39 is 23.8 Å². The van der Waals surface area contributed by atoms with Gasteiger partial charge in [-0.25, -0.2) is 9.36 Å². The summed E-state index contributed by atoms with van der Waals surface area (Å²) in [5.74, 6) is 0.128. The smallest absolute Gasteiger partial charge is 0.333 e. The van der Waals surface area contributed by atoms with E-state index >= 15 is 0 Å². The molecule has 1 aromatic carbocycles. The number of nitrogens with zero attached hydrogens (tertiary/aromatic N) is 5. The van der Waals surface area contributed by atoms with Crippen molar-refractivity contribution in [2.45, 2.75) is 20.0 Å². The predicted molar refractivity (Wildman–Crippen MR) is 109 cm³/mol. The summed E-state index contributed by atoms with van der Waals surface area (Å²) in [5, 5.41) is 0.625. The Balaban J connectivity index is 1.97. The molecule has 0 amide bonds. The molecule has 1 aliphatic rings. The van der Waals surface area contributed by atoms with Gasteiger partial charge in [0.2, 0.25) is 5.95 Å². The summed E-state index contributed by atoms with van der Waals surface area (Å²) >= 11 is 6.01. The lowest BCUT2D eigenvalue weighted by molar-refractivity contribution is -0.141. The fraction of sp³-hybridized carbons (Fsp3) is 0.368. The molecule has 10 heteroatoms. The number of hydrogen-bond acceptors (Lipinski definition) is 6. The summed E-state index contributed by atoms with van der Waals surface area (Å²) in [4.78, 5) is 44.1. The normalized spacial score (nSPS) is 16.1. The van der Waals surface area contributed by atoms with Crippen LogP contribution in [0.5, 0.6) is 0 Å². The first-order chi connectivity index (χ1) is 13.8. The van der Waals surface area contributed by atoms with Crippen LogP contribution in [0, 0.1) is 5.92 Å². The molecule has 152 valence electrons. The molecule has 0 saturated carbocycles. The number of benzene rings is 1. The summed E-state index contributed by atoms with van der Waals surface area (Å²) < 4.78 is 8.61. The first-order valence-corrected chi connectivity index (χ1v) is 9.49. The molecule has 0 bridgehead atoms. The van der Waals surface area contributed by atoms with Crippen molar-refractivity contribution in [1.82, 2.24) is 18.7 Å². The number of fused-ring (bicyclic) bond motifs is 3. The topological polar surface area (TPSA) is 91.4 Å². The molecule has 9 nitrogen and oxygen atoms in total. The van der Waals surface area contributed by atoms with E-state index in [0.29, 0.717) is 24.1 Å². The van der Waals surface area contributed by atoms with E-state index in [1.807, 2.05) is 21.6 Å². The van der Waals surface area contributed by atoms with Crippen LogP contribution in [0.3, 0.4) is 0 Å². The number of esters is 1. The average molecular weight is 418 g/mol. The molecule has 0 aliphatic carbocycles. The SMILES string of the molecule is COC(=O)Cn1c(=O)c2c(nc3n2CC(C)CN3c2ccc(Cl)cc2)n(C)c1=O. The van der Waals surface area contributed by atoms with Gasteiger partial charge in [0.15, 0.2) is 11.2 Å². The molecule has 0 spiro atoms. The van der Waals surface area contributed by atoms with Crippen LogP contribution >= 0.6 is 11.6 Å². The zero-order valence-electron chi connectivity index (χ0n) is 16.3. The maximum absolute atomic E-state index is 13.1. The van der Waals surface area contributed by atoms with E-state index in [1.54, 1.807) is 12.1 Å². The second kappa shape index (κ2) is 7.07. The van der Waals surface area contributed by atoms with Crippen LogP contribution in [0.1, 0.15) is 6.92 Å². The number of aryl methyl sites for hydroxylation is 1. The number of carbonyl (C=O) groups is 1. The number of halogens is 1. The molecule has 3 aromatic rings. The van der Waals surface area contributed by atoms with E-state index in [2.05, 4.69) is 16.6 Å². The zero-order valence-corrected chi connectivity index (χ0v) is 17.0. The predicted octanol–water partition coefficient (Wildman–Crippen LogP) is 1.51. The van der Waals surface area contributed by atoms with Gasteiger partial charge in [-0.15, -0.1) is 0 Å². The van der Waals surface area contributed by atoms with Gasteiger partial charge < -0.3 is 14.2 Å². The third-order valence-corrected chi connectivity index (χ3v) is 5.35. The number of methoxy groups -OCH3 is 1. The van der Waals surface area contributed by atoms with Crippen LogP contribution in [-0.2, 0) is 29.7 Å². The number of rotatable bonds is 3. The monoisotopic (exact) mass is 417 g/mol. The standard InChI is InChI=1S/C19H20ClN5O4/c1-11-8-23(13-6-4-12(20)5-7-13)18-21-16-15(24(18)9-11)17(27)25(10-14(26)29-3)19(28)22(16)2/h4-7,11H,8-10H2,1-3H3. The molecular weight excluding hydrogens is 398 g/mol. The molecule has 2 aromatic heterocycles. The molecule has 0 fully saturated rings. The van der Waals surface area contributed by atoms with E-state index in [9.17, 15) is 14.4 Å². The zero-order chi connectivity index (χ0) is 20.9. The van der Waals surface area contributed by atoms with Gasteiger partial charge in [0.1, 0.15) is 6.54 Å². The lowest BCUT2D eigenvalue weighted by atomic mass is 10.1. The highest BCUT2D eigenvalue weighted by Crippen LogP contribution is 2.33. The molecule has 3 heterocycles. The second-order valence-electron chi connectivity index (χ2n) is 7.20. The maximum Gasteiger partial charge on any atom is 0.333 e. The largest absolute Gasteiger partial charge is 0.468 e. The third-order valence-electron chi connectivity index (χ3n) is 5.10. The van der Waals surface area contributed by atoms with Crippen molar-refractivity contribution in [1.29, 1.82) is 0 Å². The Morgan fingerprint density at radius 3 is 2.59 bits per heavy atom. The van der Waals surface area contributed by atoms with Crippen molar-refractivity contribution in [2.24, 2.45) is 13.0 Å². The number of anilines is 2. The number of carbonyl (C=O) groups excluding carboxylic acids is 1. The van der Waals surface area contributed by atoms with Gasteiger partial charge in [-0.3, -0.25) is 14.2 Å². The quantitative estimate of drug-likeness (QED) is 0.600. The van der Waals surface area contributed by atoms with Crippen molar-refractivity contribution in [3.8, 4) is 0 Å². The lowest BCUT2D eigenvalue weighted by Crippen LogP contribution is -2.42. The highest BCUT2D eigenvalue weighted by Gasteiger charge is 2.30. The maximum atomic E-state index is 13.1. The Kier molecular flexibility index (Phi) is 4.70. The minimum Gasteiger partial charge on any atom is -0.468 e. The third kappa shape index (κ3) is 3.11. The molecule has 1 unspecified atom stereocenters. The molecule has 0 radical (unpaired) electrons. The Labute approximate surface area is 170 Å². The van der Waals surface area contributed by atoms with Crippen LogP contribution in [0.4, 0.5) is 11.6 Å². The highest BCUT2D eigenvalue weighted by atomic mass is 35.5. The van der Waals surface area contributed by atoms with Crippen LogP contribution in [0.25, 0.3) is 11.2 Å². The highest BCUT2D eigenvalue weighted by molar-refractivity contribution is 6.30. The van der Waals surface area contributed by atoms with Gasteiger partial charge in [-0.1, -0.05) is 18.5 Å². The first kappa shape index (κ1) is 19.3. The summed E-state index contributed by atoms with van der Waals surface area (Å²) in [5.41, 5.74) is 0.282. The molecule has 29 heavy (non-hydrogen) atoms. The molecule has 1 atom stereocenters. The van der Waals surface area contributed by atoms with Crippen LogP contribution in [0.2, 0.25) is 5.02 Å². The lowest BCUT2D eigenvalue weighted by Gasteiger charge is -2.33. The number of ether oxygens (including phenoxy) is 1. The van der Waals surface area contributed by atoms with Gasteiger partial charge in [0.25, 0.3) is 5.56 Å². The fourth-order valence-corrected chi connectivity index (χ4v) is 3.80. The Bertz CT molecular complexity index is 1220. The van der Waals surface area contributed by atoms with Gasteiger partial charge in [0, 0.05) is 30.8 Å². The first-order valence-electron chi connectivity index (χ1n) is 9.11. The summed E-state index contributed by atoms with van der Waals surface area (Å²) in [7, 11) is 2.75. The average Bonchev–Trinajstić information content (AvgIpc) is 3.09. The van der Waals surface area contributed by atoms with Crippen LogP contribution in [0.15, 0.2) is 33.9 Å². The molecule has 1 aliphatic heterocycles. The van der Waals surface area contributed by atoms with Crippen molar-refractivity contribution < 1.29 is 9.53 Å². The van der Waals surface area contributed by atoms with Gasteiger partial charge in [-0.2, -0.15) is 4.98 Å². The van der Waals surface area contributed by atoms with E-state index in [1.165, 1.54) is 18.7 Å². The van der Waals surface area contributed by atoms with E-state index in [-0.39, 0.29) is 17.1 Å². The van der Waals surface area contributed by atoms with Crippen LogP contribution in [-0.4, -0.2) is 38.3 Å².